The Morgan fingerprint density at radius 1 is 0.253 bits per heavy atom. The van der Waals surface area contributed by atoms with Crippen LogP contribution in [0.3, 0.4) is 0 Å². The van der Waals surface area contributed by atoms with Gasteiger partial charge in [0, 0.05) is 22.3 Å². The molecule has 3 heteroatoms. The summed E-state index contributed by atoms with van der Waals surface area (Å²) in [4.78, 5) is 0. The van der Waals surface area contributed by atoms with Crippen LogP contribution in [0.25, 0.3) is 16.9 Å². The second-order valence-corrected chi connectivity index (χ2v) is 28.6. The second kappa shape index (κ2) is 65.5. The summed E-state index contributed by atoms with van der Waals surface area (Å²) in [5.41, 5.74) is 28.5. The molecular weight excluding hydrogens is 1190 g/mol. The van der Waals surface area contributed by atoms with Crippen LogP contribution >= 0.6 is 0 Å². The molecule has 2 aromatic carbocycles. The van der Waals surface area contributed by atoms with Gasteiger partial charge in [-0.1, -0.05) is 351 Å². The fourth-order valence-electron chi connectivity index (χ4n) is 13.8. The summed E-state index contributed by atoms with van der Waals surface area (Å²) in [5.74, 6) is 0. The number of hydrogen-bond donors (Lipinski definition) is 0. The average molecular weight is 1350 g/mol. The van der Waals surface area contributed by atoms with Crippen molar-refractivity contribution in [1.82, 2.24) is 0 Å². The van der Waals surface area contributed by atoms with Gasteiger partial charge in [0.25, 0.3) is 0 Å². The molecule has 0 aliphatic carbocycles. The van der Waals surface area contributed by atoms with E-state index in [0.717, 1.165) is 88.4 Å². The normalized spacial score (nSPS) is 12.2. The van der Waals surface area contributed by atoms with Crippen molar-refractivity contribution < 1.29 is 25.1 Å². The maximum absolute atomic E-state index is 12.4. The molecule has 0 fully saturated rings. The maximum atomic E-state index is 12.4. The minimum absolute atomic E-state index is 0. The number of unbranched alkanes of at least 4 members (excludes halogenated alkanes) is 46. The topological polar surface area (TPSA) is 25.3 Å². The first kappa shape index (κ1) is 89.2. The van der Waals surface area contributed by atoms with Crippen LogP contribution in [0.1, 0.15) is 459 Å². The van der Waals surface area contributed by atoms with Crippen molar-refractivity contribution in [2.45, 2.75) is 454 Å². The van der Waals surface area contributed by atoms with E-state index < -0.39 is 0 Å². The molecule has 0 N–H and O–H groups in total. The Morgan fingerprint density at radius 3 is 0.593 bits per heavy atom. The number of hydrogen-bond acceptors (Lipinski definition) is 0. The van der Waals surface area contributed by atoms with Gasteiger partial charge in [0.15, 0.2) is 0 Å². The quantitative estimate of drug-likeness (QED) is 0.0273. The minimum Gasteiger partial charge on any atom is -0.493 e. The fraction of sp³-hybridized carbons (Fsp3) is 0.795. The number of rotatable bonds is 60. The van der Waals surface area contributed by atoms with E-state index in [4.69, 9.17) is 0 Å². The molecule has 530 valence electrons. The molecule has 0 spiro atoms. The average Bonchev–Trinajstić information content (AvgIpc) is 1.65. The third kappa shape index (κ3) is 43.9. The van der Waals surface area contributed by atoms with Crippen molar-refractivity contribution in [3.63, 3.8) is 0 Å². The standard InChI is InChI=1S/C42H64N2.2C23H47.Pd/c1-9-15-21-33-27-37(28-34(31(33)7)22-16-10-2)41-39(25-19-13-5)40(26-20-14-6)42(44(41)43)38-29-35(23-17-11-3)32(8)36(30-38)24-18-12-4;2*1-3-5-7-9-11-13-15-17-19-21-23-22-20-18-16-14-12-10-8-6-4-2;/h27-30H,9-26H2,1-8H3;2*1,3-23H2,2H3;/q;2*-1;+2. The van der Waals surface area contributed by atoms with Gasteiger partial charge >= 0.3 is 20.4 Å². The van der Waals surface area contributed by atoms with E-state index in [1.54, 1.807) is 4.70 Å². The van der Waals surface area contributed by atoms with Crippen molar-refractivity contribution in [3.8, 4) is 0 Å². The Balaban J connectivity index is 0.00000146. The first-order chi connectivity index (χ1) is 44.2. The van der Waals surface area contributed by atoms with E-state index in [1.807, 2.05) is 0 Å². The van der Waals surface area contributed by atoms with Crippen LogP contribution in [0.2, 0.25) is 0 Å². The van der Waals surface area contributed by atoms with Gasteiger partial charge in [-0.15, -0.1) is 0 Å². The molecular formula is C88H158N2Pd. The Kier molecular flexibility index (Phi) is 64.2. The van der Waals surface area contributed by atoms with Gasteiger partial charge in [-0.05, 0) is 149 Å². The molecule has 1 aliphatic heterocycles. The SMILES string of the molecule is CCCCC1=C(c2cc(CCCC)c(C)c(CCCC)c2)[N+](=[N-])C(c2cc(CCCC)c(C)c(CCCC)c2)=C1CCCC.[CH2-]CCCCCCCCCCCCCCCCCCCCCC.[CH2-]CCCCCCCCCCCCCCCCCCCCCC.[Pd+2]. The van der Waals surface area contributed by atoms with Crippen LogP contribution in [-0.2, 0) is 46.1 Å². The van der Waals surface area contributed by atoms with Crippen molar-refractivity contribution in [2.75, 3.05) is 0 Å². The molecule has 1 heterocycles. The summed E-state index contributed by atoms with van der Waals surface area (Å²) in [6.45, 7) is 30.8. The summed E-state index contributed by atoms with van der Waals surface area (Å²) >= 11 is 0. The van der Waals surface area contributed by atoms with E-state index >= 15 is 0 Å². The first-order valence-corrected chi connectivity index (χ1v) is 41.0. The predicted molar refractivity (Wildman–Crippen MR) is 409 cm³/mol. The molecule has 1 aliphatic rings. The summed E-state index contributed by atoms with van der Waals surface area (Å²) in [7, 11) is 0. The Hall–Kier alpha value is -1.82. The predicted octanol–water partition coefficient (Wildman–Crippen LogP) is 31.3. The van der Waals surface area contributed by atoms with Crippen LogP contribution in [0.15, 0.2) is 35.4 Å². The van der Waals surface area contributed by atoms with Gasteiger partial charge in [-0.3, -0.25) is 0 Å². The largest absolute Gasteiger partial charge is 2.00 e. The molecule has 0 bridgehead atoms. The Morgan fingerprint density at radius 2 is 0.418 bits per heavy atom. The van der Waals surface area contributed by atoms with Gasteiger partial charge < -0.3 is 19.4 Å². The van der Waals surface area contributed by atoms with Gasteiger partial charge in [-0.25, -0.2) is 4.70 Å². The smallest absolute Gasteiger partial charge is 0.493 e. The zero-order valence-electron chi connectivity index (χ0n) is 63.4. The molecule has 91 heavy (non-hydrogen) atoms. The first-order valence-electron chi connectivity index (χ1n) is 41.0. The third-order valence-corrected chi connectivity index (χ3v) is 20.1. The summed E-state index contributed by atoms with van der Waals surface area (Å²) in [6.07, 6.45) is 81.3. The van der Waals surface area contributed by atoms with Crippen molar-refractivity contribution >= 4 is 11.4 Å². The molecule has 0 saturated carbocycles. The number of benzene rings is 2. The van der Waals surface area contributed by atoms with E-state index in [0.29, 0.717) is 0 Å². The van der Waals surface area contributed by atoms with Crippen LogP contribution in [0.5, 0.6) is 0 Å². The van der Waals surface area contributed by atoms with Crippen molar-refractivity contribution in [2.24, 2.45) is 0 Å². The fourth-order valence-corrected chi connectivity index (χ4v) is 13.8. The summed E-state index contributed by atoms with van der Waals surface area (Å²) in [6, 6.07) is 9.72. The Labute approximate surface area is 586 Å². The van der Waals surface area contributed by atoms with E-state index in [1.165, 1.54) is 364 Å². The zero-order chi connectivity index (χ0) is 65.8. The molecule has 2 aromatic rings. The number of nitrogens with zero attached hydrogens (tertiary/aromatic N) is 2. The summed E-state index contributed by atoms with van der Waals surface area (Å²) < 4.78 is 1.64. The van der Waals surface area contributed by atoms with Gasteiger partial charge in [0.05, 0.1) is 0 Å². The van der Waals surface area contributed by atoms with Crippen molar-refractivity contribution in [1.29, 1.82) is 0 Å². The van der Waals surface area contributed by atoms with E-state index in [-0.39, 0.29) is 20.4 Å². The second-order valence-electron chi connectivity index (χ2n) is 28.6. The zero-order valence-corrected chi connectivity index (χ0v) is 64.9. The third-order valence-electron chi connectivity index (χ3n) is 20.1. The molecule has 0 radical (unpaired) electrons. The van der Waals surface area contributed by atoms with Crippen molar-refractivity contribution in [3.05, 3.63) is 99.3 Å². The van der Waals surface area contributed by atoms with Gasteiger partial charge in [-0.2, -0.15) is 12.8 Å². The molecule has 0 atom stereocenters. The molecule has 0 unspecified atom stereocenters. The molecule has 0 saturated heterocycles. The molecule has 3 rings (SSSR count). The van der Waals surface area contributed by atoms with Crippen LogP contribution in [0.4, 0.5) is 0 Å². The van der Waals surface area contributed by atoms with E-state index in [2.05, 4.69) is 107 Å². The van der Waals surface area contributed by atoms with Crippen LogP contribution < -0.4 is 0 Å². The Bertz CT molecular complexity index is 1780. The summed E-state index contributed by atoms with van der Waals surface area (Å²) in [5, 5.41) is 0. The molecule has 0 aromatic heterocycles. The number of allylic oxidation sites excluding steroid dienone is 2. The monoisotopic (exact) mass is 1350 g/mol. The van der Waals surface area contributed by atoms with E-state index in [9.17, 15) is 5.53 Å². The maximum Gasteiger partial charge on any atom is 2.00 e. The van der Waals surface area contributed by atoms with Gasteiger partial charge in [0.2, 0.25) is 11.4 Å². The van der Waals surface area contributed by atoms with Crippen LogP contribution in [0, 0.1) is 27.7 Å². The minimum atomic E-state index is 0. The van der Waals surface area contributed by atoms with Gasteiger partial charge in [0.1, 0.15) is 0 Å². The van der Waals surface area contributed by atoms with Crippen LogP contribution in [-0.4, -0.2) is 4.70 Å². The molecule has 2 nitrogen and oxygen atoms in total. The number of aryl methyl sites for hydroxylation is 4. The molecule has 0 amide bonds.